The molecule has 0 aromatic carbocycles. The molecule has 0 N–H and O–H groups in total. The SMILES string of the molecule is CC(=O)N1CCC(N2CCOC(CC3CCCCC3)C2)CC1. The number of hydrogen-bond acceptors (Lipinski definition) is 3. The van der Waals surface area contributed by atoms with Crippen LogP contribution in [-0.2, 0) is 9.53 Å². The predicted octanol–water partition coefficient (Wildman–Crippen LogP) is 2.67. The van der Waals surface area contributed by atoms with Gasteiger partial charge in [0.25, 0.3) is 0 Å². The van der Waals surface area contributed by atoms with Crippen LogP contribution < -0.4 is 0 Å². The lowest BCUT2D eigenvalue weighted by Crippen LogP contribution is -2.52. The first-order chi connectivity index (χ1) is 10.7. The van der Waals surface area contributed by atoms with Crippen LogP contribution in [0.4, 0.5) is 0 Å². The average Bonchev–Trinajstić information content (AvgIpc) is 2.56. The van der Waals surface area contributed by atoms with Crippen molar-refractivity contribution in [3.63, 3.8) is 0 Å². The maximum atomic E-state index is 11.4. The summed E-state index contributed by atoms with van der Waals surface area (Å²) in [7, 11) is 0. The number of nitrogens with zero attached hydrogens (tertiary/aromatic N) is 2. The molecule has 3 aliphatic rings. The van der Waals surface area contributed by atoms with E-state index < -0.39 is 0 Å². The molecular weight excluding hydrogens is 276 g/mol. The zero-order chi connectivity index (χ0) is 15.4. The molecule has 2 aliphatic heterocycles. The topological polar surface area (TPSA) is 32.8 Å². The zero-order valence-electron chi connectivity index (χ0n) is 14.1. The number of amides is 1. The second kappa shape index (κ2) is 7.78. The van der Waals surface area contributed by atoms with Gasteiger partial charge in [-0.1, -0.05) is 32.1 Å². The fourth-order valence-electron chi connectivity index (χ4n) is 4.56. The lowest BCUT2D eigenvalue weighted by molar-refractivity contribution is -0.131. The Morgan fingerprint density at radius 2 is 1.77 bits per heavy atom. The molecule has 1 atom stereocenters. The lowest BCUT2D eigenvalue weighted by atomic mass is 9.85. The summed E-state index contributed by atoms with van der Waals surface area (Å²) < 4.78 is 6.05. The standard InChI is InChI=1S/C18H32N2O2/c1-15(21)19-9-7-17(8-10-19)20-11-12-22-18(14-20)13-16-5-3-2-4-6-16/h16-18H,2-14H2,1H3. The summed E-state index contributed by atoms with van der Waals surface area (Å²) >= 11 is 0. The van der Waals surface area contributed by atoms with Crippen molar-refractivity contribution in [3.8, 4) is 0 Å². The van der Waals surface area contributed by atoms with Crippen LogP contribution >= 0.6 is 0 Å². The molecule has 1 aliphatic carbocycles. The van der Waals surface area contributed by atoms with Gasteiger partial charge in [-0.3, -0.25) is 9.69 Å². The third-order valence-electron chi connectivity index (χ3n) is 5.92. The molecule has 0 bridgehead atoms. The number of carbonyl (C=O) groups is 1. The Morgan fingerprint density at radius 3 is 2.45 bits per heavy atom. The maximum absolute atomic E-state index is 11.4. The number of hydrogen-bond donors (Lipinski definition) is 0. The van der Waals surface area contributed by atoms with Crippen molar-refractivity contribution in [2.75, 3.05) is 32.8 Å². The first-order valence-electron chi connectivity index (χ1n) is 9.33. The Labute approximate surface area is 135 Å². The van der Waals surface area contributed by atoms with E-state index in [1.54, 1.807) is 6.92 Å². The largest absolute Gasteiger partial charge is 0.376 e. The van der Waals surface area contributed by atoms with Crippen molar-refractivity contribution in [1.82, 2.24) is 9.80 Å². The van der Waals surface area contributed by atoms with Gasteiger partial charge in [0.05, 0.1) is 12.7 Å². The van der Waals surface area contributed by atoms with E-state index in [9.17, 15) is 4.79 Å². The monoisotopic (exact) mass is 308 g/mol. The van der Waals surface area contributed by atoms with Crippen LogP contribution in [0.1, 0.15) is 58.3 Å². The second-order valence-corrected chi connectivity index (χ2v) is 7.46. The van der Waals surface area contributed by atoms with Gasteiger partial charge in [-0.15, -0.1) is 0 Å². The highest BCUT2D eigenvalue weighted by molar-refractivity contribution is 5.73. The van der Waals surface area contributed by atoms with E-state index in [1.807, 2.05) is 4.90 Å². The molecule has 4 heteroatoms. The quantitative estimate of drug-likeness (QED) is 0.803. The summed E-state index contributed by atoms with van der Waals surface area (Å²) in [6, 6.07) is 0.661. The first kappa shape index (κ1) is 16.3. The van der Waals surface area contributed by atoms with Gasteiger partial charge in [-0.05, 0) is 25.2 Å². The highest BCUT2D eigenvalue weighted by Crippen LogP contribution is 2.29. The summed E-state index contributed by atoms with van der Waals surface area (Å²) in [5.74, 6) is 1.13. The van der Waals surface area contributed by atoms with E-state index >= 15 is 0 Å². The molecule has 0 aromatic rings. The van der Waals surface area contributed by atoms with Gasteiger partial charge in [0.15, 0.2) is 0 Å². The second-order valence-electron chi connectivity index (χ2n) is 7.46. The van der Waals surface area contributed by atoms with E-state index in [1.165, 1.54) is 38.5 Å². The summed E-state index contributed by atoms with van der Waals surface area (Å²) in [6.45, 7) is 6.64. The molecule has 3 fully saturated rings. The van der Waals surface area contributed by atoms with E-state index in [2.05, 4.69) is 4.90 Å². The molecule has 4 nitrogen and oxygen atoms in total. The van der Waals surface area contributed by atoms with Crippen LogP contribution in [-0.4, -0.2) is 60.6 Å². The van der Waals surface area contributed by atoms with Crippen LogP contribution in [0.15, 0.2) is 0 Å². The third-order valence-corrected chi connectivity index (χ3v) is 5.92. The normalized spacial score (nSPS) is 29.7. The minimum absolute atomic E-state index is 0.232. The molecule has 1 saturated carbocycles. The highest BCUT2D eigenvalue weighted by Gasteiger charge is 2.31. The minimum Gasteiger partial charge on any atom is -0.376 e. The third kappa shape index (κ3) is 4.23. The van der Waals surface area contributed by atoms with Gasteiger partial charge in [-0.25, -0.2) is 0 Å². The van der Waals surface area contributed by atoms with E-state index in [0.29, 0.717) is 12.1 Å². The van der Waals surface area contributed by atoms with Crippen molar-refractivity contribution in [1.29, 1.82) is 0 Å². The molecule has 2 saturated heterocycles. The zero-order valence-corrected chi connectivity index (χ0v) is 14.1. The molecular formula is C18H32N2O2. The van der Waals surface area contributed by atoms with Gasteiger partial charge in [0.1, 0.15) is 0 Å². The highest BCUT2D eigenvalue weighted by atomic mass is 16.5. The van der Waals surface area contributed by atoms with Crippen molar-refractivity contribution in [2.24, 2.45) is 5.92 Å². The molecule has 3 rings (SSSR count). The number of carbonyl (C=O) groups excluding carboxylic acids is 1. The first-order valence-corrected chi connectivity index (χ1v) is 9.33. The fraction of sp³-hybridized carbons (Fsp3) is 0.944. The number of morpholine rings is 1. The van der Waals surface area contributed by atoms with Gasteiger partial charge in [0.2, 0.25) is 5.91 Å². The van der Waals surface area contributed by atoms with Gasteiger partial charge in [-0.2, -0.15) is 0 Å². The molecule has 126 valence electrons. The van der Waals surface area contributed by atoms with Crippen LogP contribution in [0.25, 0.3) is 0 Å². The Bertz CT molecular complexity index is 360. The molecule has 2 heterocycles. The van der Waals surface area contributed by atoms with Crippen molar-refractivity contribution < 1.29 is 9.53 Å². The lowest BCUT2D eigenvalue weighted by Gasteiger charge is -2.42. The number of ether oxygens (including phenoxy) is 1. The van der Waals surface area contributed by atoms with Crippen LogP contribution in [0.5, 0.6) is 0 Å². The maximum Gasteiger partial charge on any atom is 0.219 e. The minimum atomic E-state index is 0.232. The molecule has 0 spiro atoms. The molecule has 22 heavy (non-hydrogen) atoms. The van der Waals surface area contributed by atoms with Gasteiger partial charge >= 0.3 is 0 Å². The van der Waals surface area contributed by atoms with Crippen LogP contribution in [0.3, 0.4) is 0 Å². The van der Waals surface area contributed by atoms with Crippen molar-refractivity contribution in [2.45, 2.75) is 70.4 Å². The fourth-order valence-corrected chi connectivity index (χ4v) is 4.56. The summed E-state index contributed by atoms with van der Waals surface area (Å²) in [5, 5.41) is 0. The van der Waals surface area contributed by atoms with Crippen molar-refractivity contribution in [3.05, 3.63) is 0 Å². The summed E-state index contributed by atoms with van der Waals surface area (Å²) in [6.07, 6.45) is 11.1. The predicted molar refractivity (Wildman–Crippen MR) is 87.8 cm³/mol. The smallest absolute Gasteiger partial charge is 0.219 e. The van der Waals surface area contributed by atoms with E-state index in [4.69, 9.17) is 4.74 Å². The number of rotatable bonds is 3. The number of piperidine rings is 1. The van der Waals surface area contributed by atoms with Crippen molar-refractivity contribution >= 4 is 5.91 Å². The summed E-state index contributed by atoms with van der Waals surface area (Å²) in [5.41, 5.74) is 0. The molecule has 1 amide bonds. The van der Waals surface area contributed by atoms with Crippen LogP contribution in [0, 0.1) is 5.92 Å². The Kier molecular flexibility index (Phi) is 5.75. The van der Waals surface area contributed by atoms with E-state index in [0.717, 1.165) is 51.5 Å². The number of likely N-dealkylation sites (tertiary alicyclic amines) is 1. The Hall–Kier alpha value is -0.610. The van der Waals surface area contributed by atoms with Gasteiger partial charge < -0.3 is 9.64 Å². The van der Waals surface area contributed by atoms with Gasteiger partial charge in [0, 0.05) is 39.1 Å². The average molecular weight is 308 g/mol. The Balaban J connectivity index is 1.45. The molecule has 1 unspecified atom stereocenters. The molecule has 0 aromatic heterocycles. The van der Waals surface area contributed by atoms with Crippen LogP contribution in [0.2, 0.25) is 0 Å². The Morgan fingerprint density at radius 1 is 1.05 bits per heavy atom. The molecule has 0 radical (unpaired) electrons. The summed E-state index contributed by atoms with van der Waals surface area (Å²) in [4.78, 5) is 16.1. The van der Waals surface area contributed by atoms with E-state index in [-0.39, 0.29) is 5.91 Å².